The van der Waals surface area contributed by atoms with Crippen LogP contribution in [0.4, 0.5) is 5.69 Å². The van der Waals surface area contributed by atoms with Gasteiger partial charge in [-0.1, -0.05) is 43.6 Å². The van der Waals surface area contributed by atoms with Crippen LogP contribution in [0.2, 0.25) is 5.02 Å². The zero-order valence-electron chi connectivity index (χ0n) is 16.1. The van der Waals surface area contributed by atoms with E-state index in [1.807, 2.05) is 26.0 Å². The fourth-order valence-corrected chi connectivity index (χ4v) is 5.23. The number of anilines is 1. The molecule has 1 N–H and O–H groups in total. The number of hydrogen-bond acceptors (Lipinski definition) is 3. The summed E-state index contributed by atoms with van der Waals surface area (Å²) in [7, 11) is -3.52. The standard InChI is InChI=1S/C21H25ClN2O3S/c1-15(2)20(16-8-10-17(22)11-9-16)21(25)23-18-6-5-7-19(14-18)28(26,27)24-12-3-4-13-24/h5-11,14-15,20H,3-4,12-13H2,1-2H3,(H,23,25)/t20-/m1/s1. The summed E-state index contributed by atoms with van der Waals surface area (Å²) < 4.78 is 27.0. The molecule has 1 saturated heterocycles. The summed E-state index contributed by atoms with van der Waals surface area (Å²) >= 11 is 5.96. The summed E-state index contributed by atoms with van der Waals surface area (Å²) in [6, 6.07) is 13.7. The van der Waals surface area contributed by atoms with E-state index in [-0.39, 0.29) is 22.6 Å². The highest BCUT2D eigenvalue weighted by molar-refractivity contribution is 7.89. The lowest BCUT2D eigenvalue weighted by Crippen LogP contribution is -2.28. The molecule has 0 aliphatic carbocycles. The molecule has 1 fully saturated rings. The number of halogens is 1. The Kier molecular flexibility index (Phi) is 6.43. The van der Waals surface area contributed by atoms with Crippen molar-refractivity contribution in [3.8, 4) is 0 Å². The van der Waals surface area contributed by atoms with Crippen LogP contribution in [0.5, 0.6) is 0 Å². The number of sulfonamides is 1. The van der Waals surface area contributed by atoms with Crippen LogP contribution in [0.1, 0.15) is 38.2 Å². The van der Waals surface area contributed by atoms with Crippen LogP contribution in [-0.4, -0.2) is 31.7 Å². The minimum absolute atomic E-state index is 0.0673. The van der Waals surface area contributed by atoms with E-state index in [1.165, 1.54) is 10.4 Å². The molecule has 150 valence electrons. The van der Waals surface area contributed by atoms with Gasteiger partial charge in [-0.3, -0.25) is 4.79 Å². The quantitative estimate of drug-likeness (QED) is 0.747. The third-order valence-electron chi connectivity index (χ3n) is 4.98. The second kappa shape index (κ2) is 8.64. The van der Waals surface area contributed by atoms with E-state index in [2.05, 4.69) is 5.32 Å². The third-order valence-corrected chi connectivity index (χ3v) is 7.13. The van der Waals surface area contributed by atoms with Gasteiger partial charge in [0, 0.05) is 23.8 Å². The highest BCUT2D eigenvalue weighted by Gasteiger charge is 2.28. The van der Waals surface area contributed by atoms with Crippen LogP contribution in [0, 0.1) is 5.92 Å². The minimum Gasteiger partial charge on any atom is -0.326 e. The van der Waals surface area contributed by atoms with Crippen molar-refractivity contribution in [2.75, 3.05) is 18.4 Å². The van der Waals surface area contributed by atoms with Crippen molar-refractivity contribution in [2.24, 2.45) is 5.92 Å². The SMILES string of the molecule is CC(C)[C@@H](C(=O)Nc1cccc(S(=O)(=O)N2CCCC2)c1)c1ccc(Cl)cc1. The molecule has 1 aliphatic heterocycles. The predicted molar refractivity (Wildman–Crippen MR) is 112 cm³/mol. The molecular formula is C21H25ClN2O3S. The maximum Gasteiger partial charge on any atom is 0.243 e. The predicted octanol–water partition coefficient (Wildman–Crippen LogP) is 4.50. The largest absolute Gasteiger partial charge is 0.326 e. The van der Waals surface area contributed by atoms with Crippen LogP contribution in [0.25, 0.3) is 0 Å². The van der Waals surface area contributed by atoms with Gasteiger partial charge in [0.15, 0.2) is 0 Å². The highest BCUT2D eigenvalue weighted by Crippen LogP contribution is 2.28. The number of nitrogens with one attached hydrogen (secondary N) is 1. The molecule has 7 heteroatoms. The van der Waals surface area contributed by atoms with Gasteiger partial charge in [0.2, 0.25) is 15.9 Å². The van der Waals surface area contributed by atoms with Crippen LogP contribution < -0.4 is 5.32 Å². The first kappa shape index (κ1) is 20.8. The first-order chi connectivity index (χ1) is 13.3. The average Bonchev–Trinajstić information content (AvgIpc) is 3.19. The molecule has 5 nitrogen and oxygen atoms in total. The maximum absolute atomic E-state index is 13.0. The Morgan fingerprint density at radius 2 is 1.71 bits per heavy atom. The second-order valence-corrected chi connectivity index (χ2v) is 9.78. The van der Waals surface area contributed by atoms with E-state index in [9.17, 15) is 13.2 Å². The number of carbonyl (C=O) groups excluding carboxylic acids is 1. The minimum atomic E-state index is -3.52. The summed E-state index contributed by atoms with van der Waals surface area (Å²) in [5.74, 6) is -0.471. The Morgan fingerprint density at radius 1 is 1.07 bits per heavy atom. The monoisotopic (exact) mass is 420 g/mol. The van der Waals surface area contributed by atoms with Crippen molar-refractivity contribution in [1.82, 2.24) is 4.31 Å². The van der Waals surface area contributed by atoms with Crippen LogP contribution >= 0.6 is 11.6 Å². The number of amides is 1. The fraction of sp³-hybridized carbons (Fsp3) is 0.381. The summed E-state index contributed by atoms with van der Waals surface area (Å²) in [6.07, 6.45) is 1.76. The molecule has 0 unspecified atom stereocenters. The first-order valence-corrected chi connectivity index (χ1v) is 11.3. The van der Waals surface area contributed by atoms with Crippen molar-refractivity contribution in [2.45, 2.75) is 37.5 Å². The Hall–Kier alpha value is -1.89. The van der Waals surface area contributed by atoms with Gasteiger partial charge >= 0.3 is 0 Å². The Balaban J connectivity index is 1.82. The van der Waals surface area contributed by atoms with Gasteiger partial charge in [-0.25, -0.2) is 8.42 Å². The third kappa shape index (κ3) is 4.57. The topological polar surface area (TPSA) is 66.5 Å². The smallest absolute Gasteiger partial charge is 0.243 e. The van der Waals surface area contributed by atoms with E-state index in [4.69, 9.17) is 11.6 Å². The molecule has 3 rings (SSSR count). The normalized spacial score (nSPS) is 16.3. The van der Waals surface area contributed by atoms with E-state index in [0.717, 1.165) is 18.4 Å². The summed E-state index contributed by atoms with van der Waals surface area (Å²) in [6.45, 7) is 5.05. The molecule has 28 heavy (non-hydrogen) atoms. The molecular weight excluding hydrogens is 396 g/mol. The van der Waals surface area contributed by atoms with E-state index < -0.39 is 10.0 Å². The molecule has 0 saturated carbocycles. The number of benzene rings is 2. The molecule has 0 spiro atoms. The van der Waals surface area contributed by atoms with Gasteiger partial charge in [0.25, 0.3) is 0 Å². The zero-order chi connectivity index (χ0) is 20.3. The molecule has 1 aliphatic rings. The van der Waals surface area contributed by atoms with Gasteiger partial charge in [-0.15, -0.1) is 0 Å². The number of rotatable bonds is 6. The lowest BCUT2D eigenvalue weighted by atomic mass is 9.87. The second-order valence-electron chi connectivity index (χ2n) is 7.40. The van der Waals surface area contributed by atoms with E-state index in [0.29, 0.717) is 23.8 Å². The molecule has 2 aromatic carbocycles. The van der Waals surface area contributed by atoms with Gasteiger partial charge in [0.05, 0.1) is 10.8 Å². The summed E-state index contributed by atoms with van der Waals surface area (Å²) in [5.41, 5.74) is 1.35. The van der Waals surface area contributed by atoms with Gasteiger partial charge in [-0.05, 0) is 54.7 Å². The Morgan fingerprint density at radius 3 is 2.32 bits per heavy atom. The molecule has 0 aromatic heterocycles. The van der Waals surface area contributed by atoms with Crippen LogP contribution in [-0.2, 0) is 14.8 Å². The van der Waals surface area contributed by atoms with Gasteiger partial charge < -0.3 is 5.32 Å². The summed E-state index contributed by atoms with van der Waals surface area (Å²) in [5, 5.41) is 3.50. The molecule has 0 radical (unpaired) electrons. The van der Waals surface area contributed by atoms with Crippen molar-refractivity contribution in [3.05, 3.63) is 59.1 Å². The molecule has 2 aromatic rings. The van der Waals surface area contributed by atoms with Crippen molar-refractivity contribution in [3.63, 3.8) is 0 Å². The summed E-state index contributed by atoms with van der Waals surface area (Å²) in [4.78, 5) is 13.2. The molecule has 0 bridgehead atoms. The molecule has 1 heterocycles. The number of nitrogens with zero attached hydrogens (tertiary/aromatic N) is 1. The van der Waals surface area contributed by atoms with Crippen LogP contribution in [0.15, 0.2) is 53.4 Å². The van der Waals surface area contributed by atoms with Crippen LogP contribution in [0.3, 0.4) is 0 Å². The molecule has 1 atom stereocenters. The van der Waals surface area contributed by atoms with E-state index in [1.54, 1.807) is 30.3 Å². The number of carbonyl (C=O) groups is 1. The van der Waals surface area contributed by atoms with Crippen molar-refractivity contribution in [1.29, 1.82) is 0 Å². The lowest BCUT2D eigenvalue weighted by Gasteiger charge is -2.21. The number of hydrogen-bond donors (Lipinski definition) is 1. The van der Waals surface area contributed by atoms with Gasteiger partial charge in [0.1, 0.15) is 0 Å². The maximum atomic E-state index is 13.0. The van der Waals surface area contributed by atoms with E-state index >= 15 is 0 Å². The molecule has 1 amide bonds. The fourth-order valence-electron chi connectivity index (χ4n) is 3.54. The Bertz CT molecular complexity index is 936. The lowest BCUT2D eigenvalue weighted by molar-refractivity contribution is -0.118. The highest BCUT2D eigenvalue weighted by atomic mass is 35.5. The Labute approximate surface area is 171 Å². The van der Waals surface area contributed by atoms with Gasteiger partial charge in [-0.2, -0.15) is 4.31 Å². The van der Waals surface area contributed by atoms with Crippen molar-refractivity contribution < 1.29 is 13.2 Å². The van der Waals surface area contributed by atoms with Crippen molar-refractivity contribution >= 4 is 33.2 Å². The zero-order valence-corrected chi connectivity index (χ0v) is 17.6. The average molecular weight is 421 g/mol. The first-order valence-electron chi connectivity index (χ1n) is 9.45.